The van der Waals surface area contributed by atoms with Gasteiger partial charge in [0.2, 0.25) is 0 Å². The summed E-state index contributed by atoms with van der Waals surface area (Å²) in [6.07, 6.45) is 1.57. The number of hydrogen-bond acceptors (Lipinski definition) is 3. The zero-order valence-electron chi connectivity index (χ0n) is 8.91. The van der Waals surface area contributed by atoms with Crippen LogP contribution in [0.5, 0.6) is 0 Å². The first kappa shape index (κ1) is 11.6. The molecule has 0 atom stereocenters. The zero-order chi connectivity index (χ0) is 12.3. The SMILES string of the molecule is O=C(Cl)N1CCN(/N=C/c2ccccc2)C1=O. The van der Waals surface area contributed by atoms with Gasteiger partial charge < -0.3 is 0 Å². The smallest absolute Gasteiger partial charge is 0.255 e. The fourth-order valence-corrected chi connectivity index (χ4v) is 1.63. The van der Waals surface area contributed by atoms with E-state index in [0.29, 0.717) is 6.54 Å². The molecule has 17 heavy (non-hydrogen) atoms. The van der Waals surface area contributed by atoms with E-state index in [4.69, 9.17) is 11.6 Å². The number of nitrogens with zero attached hydrogens (tertiary/aromatic N) is 3. The number of benzene rings is 1. The Morgan fingerprint density at radius 3 is 2.59 bits per heavy atom. The second-order valence-electron chi connectivity index (χ2n) is 3.47. The summed E-state index contributed by atoms with van der Waals surface area (Å²) in [6.45, 7) is 0.633. The summed E-state index contributed by atoms with van der Waals surface area (Å²) in [6, 6.07) is 8.90. The molecule has 0 N–H and O–H groups in total. The Labute approximate surface area is 103 Å². The third-order valence-corrected chi connectivity index (χ3v) is 2.55. The Kier molecular flexibility index (Phi) is 3.39. The lowest BCUT2D eigenvalue weighted by molar-refractivity contribution is 0.195. The minimum Gasteiger partial charge on any atom is -0.255 e. The monoisotopic (exact) mass is 251 g/mol. The number of rotatable bonds is 2. The molecule has 3 amide bonds. The number of amides is 3. The molecular formula is C11H10ClN3O2. The molecule has 1 saturated heterocycles. The predicted molar refractivity (Wildman–Crippen MR) is 64.1 cm³/mol. The van der Waals surface area contributed by atoms with E-state index in [-0.39, 0.29) is 6.54 Å². The summed E-state index contributed by atoms with van der Waals surface area (Å²) < 4.78 is 0. The lowest BCUT2D eigenvalue weighted by Crippen LogP contribution is -2.30. The number of imide groups is 1. The molecule has 1 aliphatic heterocycles. The first-order chi connectivity index (χ1) is 8.18. The van der Waals surface area contributed by atoms with Gasteiger partial charge in [0, 0.05) is 0 Å². The second-order valence-corrected chi connectivity index (χ2v) is 3.79. The Morgan fingerprint density at radius 2 is 2.00 bits per heavy atom. The molecular weight excluding hydrogens is 242 g/mol. The van der Waals surface area contributed by atoms with Gasteiger partial charge in [0.15, 0.2) is 0 Å². The van der Waals surface area contributed by atoms with Crippen LogP contribution in [0.15, 0.2) is 35.4 Å². The summed E-state index contributed by atoms with van der Waals surface area (Å²) in [7, 11) is 0. The fourth-order valence-electron chi connectivity index (χ4n) is 1.47. The second kappa shape index (κ2) is 4.97. The van der Waals surface area contributed by atoms with E-state index in [1.165, 1.54) is 5.01 Å². The molecule has 1 fully saturated rings. The molecule has 1 aromatic rings. The highest BCUT2D eigenvalue weighted by molar-refractivity contribution is 6.64. The van der Waals surface area contributed by atoms with E-state index in [0.717, 1.165) is 10.5 Å². The van der Waals surface area contributed by atoms with Crippen molar-refractivity contribution in [1.82, 2.24) is 9.91 Å². The molecule has 6 heteroatoms. The Balaban J connectivity index is 2.04. The number of halogens is 1. The molecule has 5 nitrogen and oxygen atoms in total. The normalized spacial score (nSPS) is 15.9. The van der Waals surface area contributed by atoms with E-state index < -0.39 is 11.4 Å². The molecule has 2 rings (SSSR count). The lowest BCUT2D eigenvalue weighted by Gasteiger charge is -2.09. The molecule has 1 aromatic carbocycles. The molecule has 88 valence electrons. The van der Waals surface area contributed by atoms with Gasteiger partial charge in [-0.15, -0.1) is 0 Å². The first-order valence-corrected chi connectivity index (χ1v) is 5.44. The van der Waals surface area contributed by atoms with Crippen molar-refractivity contribution in [3.8, 4) is 0 Å². The molecule has 0 spiro atoms. The Morgan fingerprint density at radius 1 is 1.29 bits per heavy atom. The molecule has 0 unspecified atom stereocenters. The van der Waals surface area contributed by atoms with Gasteiger partial charge in [0.1, 0.15) is 0 Å². The molecule has 0 radical (unpaired) electrons. The summed E-state index contributed by atoms with van der Waals surface area (Å²) in [5.41, 5.74) is 0.885. The van der Waals surface area contributed by atoms with Gasteiger partial charge in [0.05, 0.1) is 19.3 Å². The van der Waals surface area contributed by atoms with Crippen molar-refractivity contribution >= 4 is 29.2 Å². The molecule has 1 heterocycles. The van der Waals surface area contributed by atoms with Crippen molar-refractivity contribution < 1.29 is 9.59 Å². The molecule has 0 aliphatic carbocycles. The number of hydrazone groups is 1. The zero-order valence-corrected chi connectivity index (χ0v) is 9.67. The van der Waals surface area contributed by atoms with Gasteiger partial charge in [-0.3, -0.25) is 4.79 Å². The van der Waals surface area contributed by atoms with Gasteiger partial charge >= 0.3 is 11.4 Å². The number of carbonyl (C=O) groups excluding carboxylic acids is 2. The van der Waals surface area contributed by atoms with Crippen LogP contribution in [0, 0.1) is 0 Å². The van der Waals surface area contributed by atoms with Gasteiger partial charge in [0.25, 0.3) is 0 Å². The largest absolute Gasteiger partial charge is 0.348 e. The number of urea groups is 1. The maximum atomic E-state index is 11.6. The lowest BCUT2D eigenvalue weighted by atomic mass is 10.2. The minimum atomic E-state index is -0.771. The third kappa shape index (κ3) is 2.62. The van der Waals surface area contributed by atoms with Crippen LogP contribution in [0.1, 0.15) is 5.56 Å². The van der Waals surface area contributed by atoms with E-state index >= 15 is 0 Å². The maximum Gasteiger partial charge on any atom is 0.348 e. The van der Waals surface area contributed by atoms with Crippen molar-refractivity contribution in [3.05, 3.63) is 35.9 Å². The summed E-state index contributed by atoms with van der Waals surface area (Å²) in [5.74, 6) is 0. The molecule has 0 saturated carbocycles. The fraction of sp³-hybridized carbons (Fsp3) is 0.182. The van der Waals surface area contributed by atoms with Crippen LogP contribution in [0.3, 0.4) is 0 Å². The van der Waals surface area contributed by atoms with Gasteiger partial charge in [-0.05, 0) is 17.2 Å². The van der Waals surface area contributed by atoms with E-state index in [9.17, 15) is 9.59 Å². The van der Waals surface area contributed by atoms with Gasteiger partial charge in [-0.1, -0.05) is 30.3 Å². The van der Waals surface area contributed by atoms with Crippen LogP contribution in [-0.4, -0.2) is 40.6 Å². The van der Waals surface area contributed by atoms with Crippen LogP contribution in [0.25, 0.3) is 0 Å². The highest BCUT2D eigenvalue weighted by Gasteiger charge is 2.31. The molecule has 1 aliphatic rings. The topological polar surface area (TPSA) is 53.0 Å². The Bertz CT molecular complexity index is 461. The van der Waals surface area contributed by atoms with Crippen LogP contribution < -0.4 is 0 Å². The summed E-state index contributed by atoms with van der Waals surface area (Å²) in [5, 5.41) is 4.46. The first-order valence-electron chi connectivity index (χ1n) is 5.06. The minimum absolute atomic E-state index is 0.271. The van der Waals surface area contributed by atoms with E-state index in [1.807, 2.05) is 30.3 Å². The van der Waals surface area contributed by atoms with Crippen LogP contribution in [0.4, 0.5) is 9.59 Å². The van der Waals surface area contributed by atoms with Crippen LogP contribution in [0.2, 0.25) is 0 Å². The Hall–Kier alpha value is -1.88. The van der Waals surface area contributed by atoms with Gasteiger partial charge in [-0.2, -0.15) is 5.10 Å². The number of hydrogen-bond donors (Lipinski definition) is 0. The number of carbonyl (C=O) groups is 2. The van der Waals surface area contributed by atoms with Crippen LogP contribution in [-0.2, 0) is 0 Å². The molecule has 0 bridgehead atoms. The third-order valence-electron chi connectivity index (χ3n) is 2.35. The predicted octanol–water partition coefficient (Wildman–Crippen LogP) is 2.12. The average Bonchev–Trinajstić information content (AvgIpc) is 2.69. The maximum absolute atomic E-state index is 11.6. The summed E-state index contributed by atoms with van der Waals surface area (Å²) >= 11 is 5.25. The standard InChI is InChI=1S/C11H10ClN3O2/c12-10(16)14-6-7-15(11(14)17)13-8-9-4-2-1-3-5-9/h1-5,8H,6-7H2/b13-8+. The molecule has 0 aromatic heterocycles. The average molecular weight is 252 g/mol. The van der Waals surface area contributed by atoms with Crippen molar-refractivity contribution in [2.75, 3.05) is 13.1 Å². The quantitative estimate of drug-likeness (QED) is 0.459. The van der Waals surface area contributed by atoms with Crippen molar-refractivity contribution in [2.45, 2.75) is 0 Å². The van der Waals surface area contributed by atoms with Crippen molar-refractivity contribution in [1.29, 1.82) is 0 Å². The van der Waals surface area contributed by atoms with E-state index in [1.54, 1.807) is 6.21 Å². The summed E-state index contributed by atoms with van der Waals surface area (Å²) in [4.78, 5) is 23.4. The van der Waals surface area contributed by atoms with Crippen LogP contribution >= 0.6 is 11.6 Å². The van der Waals surface area contributed by atoms with Crippen molar-refractivity contribution in [3.63, 3.8) is 0 Å². The van der Waals surface area contributed by atoms with Gasteiger partial charge in [-0.25, -0.2) is 14.7 Å². The highest BCUT2D eigenvalue weighted by atomic mass is 35.5. The van der Waals surface area contributed by atoms with Crippen molar-refractivity contribution in [2.24, 2.45) is 5.10 Å². The highest BCUT2D eigenvalue weighted by Crippen LogP contribution is 2.11. The van der Waals surface area contributed by atoms with E-state index in [2.05, 4.69) is 5.10 Å².